The number of hydrogen-bond donors (Lipinski definition) is 2. The third-order valence-corrected chi connectivity index (χ3v) is 6.65. The van der Waals surface area contributed by atoms with E-state index in [2.05, 4.69) is 46.6 Å². The molecule has 1 amide bonds. The SMILES string of the molecule is CC1(O)CCC(NC(=O)CCN2c3ccccc3Sc3ccccc32)CC1. The first-order chi connectivity index (χ1) is 13.0. The average Bonchev–Trinajstić information content (AvgIpc) is 2.67. The average molecular weight is 383 g/mol. The van der Waals surface area contributed by atoms with Gasteiger partial charge < -0.3 is 15.3 Å². The summed E-state index contributed by atoms with van der Waals surface area (Å²) in [4.78, 5) is 17.2. The molecule has 2 aliphatic rings. The first-order valence-electron chi connectivity index (χ1n) is 9.67. The van der Waals surface area contributed by atoms with Crippen LogP contribution in [0.3, 0.4) is 0 Å². The van der Waals surface area contributed by atoms with Crippen molar-refractivity contribution in [1.29, 1.82) is 0 Å². The van der Waals surface area contributed by atoms with Gasteiger partial charge in [0.2, 0.25) is 5.91 Å². The first-order valence-corrected chi connectivity index (χ1v) is 10.5. The Bertz CT molecular complexity index is 781. The fraction of sp³-hybridized carbons (Fsp3) is 0.409. The van der Waals surface area contributed by atoms with E-state index in [9.17, 15) is 9.90 Å². The van der Waals surface area contributed by atoms with Gasteiger partial charge in [0.25, 0.3) is 0 Å². The van der Waals surface area contributed by atoms with Crippen molar-refractivity contribution in [3.8, 4) is 0 Å². The Labute approximate surface area is 165 Å². The highest BCUT2D eigenvalue weighted by molar-refractivity contribution is 7.99. The van der Waals surface area contributed by atoms with Gasteiger partial charge in [-0.2, -0.15) is 0 Å². The van der Waals surface area contributed by atoms with Crippen molar-refractivity contribution in [1.82, 2.24) is 5.32 Å². The van der Waals surface area contributed by atoms with Crippen molar-refractivity contribution in [2.75, 3.05) is 11.4 Å². The molecule has 0 radical (unpaired) electrons. The molecule has 1 aliphatic heterocycles. The molecule has 27 heavy (non-hydrogen) atoms. The van der Waals surface area contributed by atoms with Crippen molar-refractivity contribution < 1.29 is 9.90 Å². The molecule has 0 bridgehead atoms. The summed E-state index contributed by atoms with van der Waals surface area (Å²) >= 11 is 1.78. The van der Waals surface area contributed by atoms with E-state index in [0.717, 1.165) is 25.7 Å². The van der Waals surface area contributed by atoms with Crippen LogP contribution in [0.15, 0.2) is 58.3 Å². The number of nitrogens with one attached hydrogen (secondary N) is 1. The van der Waals surface area contributed by atoms with Gasteiger partial charge in [0.05, 0.1) is 17.0 Å². The molecule has 1 fully saturated rings. The largest absolute Gasteiger partial charge is 0.390 e. The molecule has 2 N–H and O–H groups in total. The molecule has 1 saturated carbocycles. The van der Waals surface area contributed by atoms with E-state index in [4.69, 9.17) is 0 Å². The molecule has 4 nitrogen and oxygen atoms in total. The summed E-state index contributed by atoms with van der Waals surface area (Å²) in [6, 6.07) is 16.9. The summed E-state index contributed by atoms with van der Waals surface area (Å²) in [5.41, 5.74) is 1.77. The molecule has 1 heterocycles. The smallest absolute Gasteiger partial charge is 0.222 e. The Kier molecular flexibility index (Phi) is 5.15. The van der Waals surface area contributed by atoms with Gasteiger partial charge in [-0.25, -0.2) is 0 Å². The van der Waals surface area contributed by atoms with Gasteiger partial charge in [-0.1, -0.05) is 36.0 Å². The Hall–Kier alpha value is -1.98. The molecule has 5 heteroatoms. The number of para-hydroxylation sites is 2. The highest BCUT2D eigenvalue weighted by Crippen LogP contribution is 2.47. The molecule has 0 spiro atoms. The van der Waals surface area contributed by atoms with E-state index in [-0.39, 0.29) is 11.9 Å². The lowest BCUT2D eigenvalue weighted by molar-refractivity contribution is -0.122. The minimum absolute atomic E-state index is 0.0923. The van der Waals surface area contributed by atoms with E-state index >= 15 is 0 Å². The van der Waals surface area contributed by atoms with Crippen LogP contribution in [0, 0.1) is 0 Å². The normalized spacial score (nSPS) is 24.1. The van der Waals surface area contributed by atoms with E-state index in [1.165, 1.54) is 21.2 Å². The summed E-state index contributed by atoms with van der Waals surface area (Å²) in [6.07, 6.45) is 3.67. The van der Waals surface area contributed by atoms with Crippen LogP contribution in [0.5, 0.6) is 0 Å². The Morgan fingerprint density at radius 1 is 1.11 bits per heavy atom. The minimum Gasteiger partial charge on any atom is -0.390 e. The topological polar surface area (TPSA) is 52.6 Å². The van der Waals surface area contributed by atoms with Gasteiger partial charge in [0.1, 0.15) is 0 Å². The quantitative estimate of drug-likeness (QED) is 0.818. The zero-order chi connectivity index (χ0) is 18.9. The number of amides is 1. The highest BCUT2D eigenvalue weighted by atomic mass is 32.2. The maximum Gasteiger partial charge on any atom is 0.222 e. The molecule has 142 valence electrons. The van der Waals surface area contributed by atoms with Crippen LogP contribution in [-0.4, -0.2) is 29.2 Å². The number of aliphatic hydroxyl groups is 1. The summed E-state index contributed by atoms with van der Waals surface area (Å²) in [5, 5.41) is 13.2. The van der Waals surface area contributed by atoms with E-state index in [1.807, 2.05) is 19.1 Å². The molecular formula is C22H26N2O2S. The van der Waals surface area contributed by atoms with Crippen molar-refractivity contribution in [3.05, 3.63) is 48.5 Å². The second kappa shape index (κ2) is 7.56. The number of nitrogens with zero attached hydrogens (tertiary/aromatic N) is 1. The molecule has 0 atom stereocenters. The van der Waals surface area contributed by atoms with Crippen LogP contribution in [0.4, 0.5) is 11.4 Å². The van der Waals surface area contributed by atoms with Gasteiger partial charge in [-0.15, -0.1) is 0 Å². The molecule has 0 unspecified atom stereocenters. The van der Waals surface area contributed by atoms with E-state index < -0.39 is 5.60 Å². The van der Waals surface area contributed by atoms with Gasteiger partial charge in [0, 0.05) is 28.8 Å². The van der Waals surface area contributed by atoms with Crippen molar-refractivity contribution in [3.63, 3.8) is 0 Å². The molecule has 2 aromatic rings. The maximum absolute atomic E-state index is 12.5. The maximum atomic E-state index is 12.5. The molecule has 0 saturated heterocycles. The monoisotopic (exact) mass is 382 g/mol. The van der Waals surface area contributed by atoms with Crippen LogP contribution in [-0.2, 0) is 4.79 Å². The molecule has 4 rings (SSSR count). The number of fused-ring (bicyclic) bond motifs is 2. The van der Waals surface area contributed by atoms with Crippen LogP contribution in [0.25, 0.3) is 0 Å². The third-order valence-electron chi connectivity index (χ3n) is 5.52. The van der Waals surface area contributed by atoms with Crippen LogP contribution >= 0.6 is 11.8 Å². The Morgan fingerprint density at radius 2 is 1.67 bits per heavy atom. The molecule has 2 aromatic carbocycles. The third kappa shape index (κ3) is 4.14. The Morgan fingerprint density at radius 3 is 2.26 bits per heavy atom. The zero-order valence-electron chi connectivity index (χ0n) is 15.6. The van der Waals surface area contributed by atoms with Gasteiger partial charge in [-0.3, -0.25) is 4.79 Å². The Balaban J connectivity index is 1.42. The molecule has 0 aromatic heterocycles. The lowest BCUT2D eigenvalue weighted by atomic mass is 9.83. The number of carbonyl (C=O) groups excluding carboxylic acids is 1. The van der Waals surface area contributed by atoms with Gasteiger partial charge in [-0.05, 0) is 56.9 Å². The highest BCUT2D eigenvalue weighted by Gasteiger charge is 2.29. The standard InChI is InChI=1S/C22H26N2O2S/c1-22(26)13-10-16(11-14-22)23-21(25)12-15-24-17-6-2-4-8-19(17)27-20-9-5-3-7-18(20)24/h2-9,16,26H,10-15H2,1H3,(H,23,25). The number of anilines is 2. The van der Waals surface area contributed by atoms with Gasteiger partial charge in [0.15, 0.2) is 0 Å². The first kappa shape index (κ1) is 18.4. The van der Waals surface area contributed by atoms with Crippen LogP contribution in [0.2, 0.25) is 0 Å². The summed E-state index contributed by atoms with van der Waals surface area (Å²) < 4.78 is 0. The van der Waals surface area contributed by atoms with Crippen LogP contribution < -0.4 is 10.2 Å². The summed E-state index contributed by atoms with van der Waals surface area (Å²) in [7, 11) is 0. The second-order valence-electron chi connectivity index (χ2n) is 7.78. The molecular weight excluding hydrogens is 356 g/mol. The summed E-state index contributed by atoms with van der Waals surface area (Å²) in [6.45, 7) is 2.54. The fourth-order valence-corrected chi connectivity index (χ4v) is 5.02. The lowest BCUT2D eigenvalue weighted by Crippen LogP contribution is -2.42. The minimum atomic E-state index is -0.569. The molecule has 1 aliphatic carbocycles. The van der Waals surface area contributed by atoms with Gasteiger partial charge >= 0.3 is 0 Å². The fourth-order valence-electron chi connectivity index (χ4n) is 3.92. The van der Waals surface area contributed by atoms with E-state index in [0.29, 0.717) is 13.0 Å². The number of carbonyl (C=O) groups is 1. The van der Waals surface area contributed by atoms with Crippen molar-refractivity contribution in [2.45, 2.75) is 60.5 Å². The van der Waals surface area contributed by atoms with Crippen molar-refractivity contribution >= 4 is 29.0 Å². The van der Waals surface area contributed by atoms with Crippen molar-refractivity contribution in [2.24, 2.45) is 0 Å². The van der Waals surface area contributed by atoms with E-state index in [1.54, 1.807) is 11.8 Å². The van der Waals surface area contributed by atoms with Crippen LogP contribution in [0.1, 0.15) is 39.0 Å². The predicted octanol–water partition coefficient (Wildman–Crippen LogP) is 4.49. The zero-order valence-corrected chi connectivity index (χ0v) is 16.5. The second-order valence-corrected chi connectivity index (χ2v) is 8.86. The number of hydrogen-bond acceptors (Lipinski definition) is 4. The summed E-state index contributed by atoms with van der Waals surface area (Å²) in [5.74, 6) is 0.0923. The number of rotatable bonds is 4. The lowest BCUT2D eigenvalue weighted by Gasteiger charge is -2.34. The number of benzene rings is 2. The predicted molar refractivity (Wildman–Crippen MR) is 110 cm³/mol.